The molecule has 0 aliphatic heterocycles. The van der Waals surface area contributed by atoms with Crippen molar-refractivity contribution < 1.29 is 19.5 Å². The van der Waals surface area contributed by atoms with E-state index in [0.29, 0.717) is 25.7 Å². The number of hydrogen-bond donors (Lipinski definition) is 3. The van der Waals surface area contributed by atoms with Crippen molar-refractivity contribution in [2.24, 2.45) is 11.8 Å². The van der Waals surface area contributed by atoms with Gasteiger partial charge in [0.1, 0.15) is 6.10 Å². The van der Waals surface area contributed by atoms with Crippen LogP contribution >= 0.6 is 0 Å². The van der Waals surface area contributed by atoms with Crippen LogP contribution in [0.3, 0.4) is 0 Å². The van der Waals surface area contributed by atoms with Crippen LogP contribution in [0.1, 0.15) is 27.2 Å². The minimum absolute atomic E-state index is 0.129. The first-order valence-corrected chi connectivity index (χ1v) is 5.73. The van der Waals surface area contributed by atoms with Crippen LogP contribution in [0.4, 0.5) is 0 Å². The molecule has 0 fully saturated rings. The SMILES string of the molecule is CC(C)CCOC(C)C(=O)NCCON.CO. The zero-order valence-electron chi connectivity index (χ0n) is 11.2. The average Bonchev–Trinajstić information content (AvgIpc) is 2.31. The summed E-state index contributed by atoms with van der Waals surface area (Å²) in [5, 5.41) is 9.65. The molecule has 0 saturated carbocycles. The summed E-state index contributed by atoms with van der Waals surface area (Å²) in [4.78, 5) is 15.7. The van der Waals surface area contributed by atoms with Crippen LogP contribution in [0.5, 0.6) is 0 Å². The molecule has 0 aliphatic rings. The Morgan fingerprint density at radius 1 is 1.29 bits per heavy atom. The third-order valence-corrected chi connectivity index (χ3v) is 1.95. The summed E-state index contributed by atoms with van der Waals surface area (Å²) in [5.74, 6) is 5.28. The largest absolute Gasteiger partial charge is 0.400 e. The maximum atomic E-state index is 11.4. The van der Waals surface area contributed by atoms with Crippen molar-refractivity contribution in [2.75, 3.05) is 26.9 Å². The summed E-state index contributed by atoms with van der Waals surface area (Å²) in [7, 11) is 1.00. The Labute approximate surface area is 103 Å². The number of aliphatic hydroxyl groups excluding tert-OH is 1. The molecule has 0 saturated heterocycles. The molecule has 0 spiro atoms. The fraction of sp³-hybridized carbons (Fsp3) is 0.909. The fourth-order valence-electron chi connectivity index (χ4n) is 0.933. The molecule has 0 heterocycles. The zero-order valence-corrected chi connectivity index (χ0v) is 11.2. The number of nitrogens with two attached hydrogens (primary N) is 1. The normalized spacial score (nSPS) is 11.7. The molecule has 0 aliphatic carbocycles. The van der Waals surface area contributed by atoms with E-state index in [1.165, 1.54) is 0 Å². The van der Waals surface area contributed by atoms with Crippen LogP contribution in [0.2, 0.25) is 0 Å². The van der Waals surface area contributed by atoms with E-state index < -0.39 is 6.10 Å². The van der Waals surface area contributed by atoms with Crippen LogP contribution in [-0.4, -0.2) is 44.0 Å². The summed E-state index contributed by atoms with van der Waals surface area (Å²) in [6, 6.07) is 0. The molecule has 0 radical (unpaired) electrons. The minimum Gasteiger partial charge on any atom is -0.400 e. The van der Waals surface area contributed by atoms with Crippen LogP contribution in [0.15, 0.2) is 0 Å². The second-order valence-electron chi connectivity index (χ2n) is 3.86. The molecule has 17 heavy (non-hydrogen) atoms. The van der Waals surface area contributed by atoms with Crippen molar-refractivity contribution in [2.45, 2.75) is 33.3 Å². The molecule has 1 amide bonds. The molecular formula is C11H26N2O4. The van der Waals surface area contributed by atoms with Gasteiger partial charge < -0.3 is 20.0 Å². The van der Waals surface area contributed by atoms with E-state index in [0.717, 1.165) is 13.5 Å². The van der Waals surface area contributed by atoms with Crippen molar-refractivity contribution in [1.29, 1.82) is 0 Å². The highest BCUT2D eigenvalue weighted by atomic mass is 16.6. The number of amides is 1. The topological polar surface area (TPSA) is 93.8 Å². The van der Waals surface area contributed by atoms with Crippen molar-refractivity contribution in [3.8, 4) is 0 Å². The Hall–Kier alpha value is -0.690. The Morgan fingerprint density at radius 3 is 2.35 bits per heavy atom. The first-order valence-electron chi connectivity index (χ1n) is 5.73. The van der Waals surface area contributed by atoms with Gasteiger partial charge in [0.2, 0.25) is 5.91 Å². The zero-order chi connectivity index (χ0) is 13.7. The smallest absolute Gasteiger partial charge is 0.248 e. The molecule has 0 aromatic carbocycles. The van der Waals surface area contributed by atoms with Gasteiger partial charge in [-0.15, -0.1) is 0 Å². The second-order valence-corrected chi connectivity index (χ2v) is 3.86. The van der Waals surface area contributed by atoms with Gasteiger partial charge in [0.15, 0.2) is 0 Å². The van der Waals surface area contributed by atoms with E-state index in [1.54, 1.807) is 6.92 Å². The van der Waals surface area contributed by atoms with Crippen LogP contribution in [0.25, 0.3) is 0 Å². The quantitative estimate of drug-likeness (QED) is 0.418. The number of ether oxygens (including phenoxy) is 1. The van der Waals surface area contributed by atoms with E-state index in [4.69, 9.17) is 15.7 Å². The predicted molar refractivity (Wildman–Crippen MR) is 66.2 cm³/mol. The molecule has 1 atom stereocenters. The molecule has 104 valence electrons. The lowest BCUT2D eigenvalue weighted by atomic mass is 10.1. The van der Waals surface area contributed by atoms with Crippen LogP contribution < -0.4 is 11.2 Å². The lowest BCUT2D eigenvalue weighted by Crippen LogP contribution is -2.37. The number of nitrogens with one attached hydrogen (secondary N) is 1. The van der Waals surface area contributed by atoms with Gasteiger partial charge in [-0.25, -0.2) is 5.90 Å². The first kappa shape index (κ1) is 18.7. The second kappa shape index (κ2) is 13.4. The lowest BCUT2D eigenvalue weighted by Gasteiger charge is -2.13. The molecule has 4 N–H and O–H groups in total. The average molecular weight is 250 g/mol. The van der Waals surface area contributed by atoms with Crippen LogP contribution in [0, 0.1) is 5.92 Å². The van der Waals surface area contributed by atoms with Crippen molar-refractivity contribution in [3.05, 3.63) is 0 Å². The highest BCUT2D eigenvalue weighted by molar-refractivity contribution is 5.80. The number of hydrogen-bond acceptors (Lipinski definition) is 5. The summed E-state index contributed by atoms with van der Waals surface area (Å²) in [5.41, 5.74) is 0. The molecule has 0 aromatic heterocycles. The monoisotopic (exact) mass is 250 g/mol. The Morgan fingerprint density at radius 2 is 1.88 bits per heavy atom. The van der Waals surface area contributed by atoms with Crippen molar-refractivity contribution in [3.63, 3.8) is 0 Å². The van der Waals surface area contributed by atoms with Gasteiger partial charge in [0.25, 0.3) is 0 Å². The van der Waals surface area contributed by atoms with Gasteiger partial charge in [0.05, 0.1) is 6.61 Å². The van der Waals surface area contributed by atoms with E-state index >= 15 is 0 Å². The van der Waals surface area contributed by atoms with Gasteiger partial charge in [-0.1, -0.05) is 13.8 Å². The Balaban J connectivity index is 0. The standard InChI is InChI=1S/C10H22N2O3.CH4O/c1-8(2)4-6-14-9(3)10(13)12-5-7-15-11;1-2/h8-9H,4-7,11H2,1-3H3,(H,12,13);2H,1H3. The van der Waals surface area contributed by atoms with Gasteiger partial charge >= 0.3 is 0 Å². The molecule has 0 aromatic rings. The van der Waals surface area contributed by atoms with Gasteiger partial charge in [-0.05, 0) is 19.3 Å². The van der Waals surface area contributed by atoms with Gasteiger partial charge in [-0.3, -0.25) is 4.79 Å². The lowest BCUT2D eigenvalue weighted by molar-refractivity contribution is -0.132. The maximum absolute atomic E-state index is 11.4. The predicted octanol–water partition coefficient (Wildman–Crippen LogP) is 0.0526. The van der Waals surface area contributed by atoms with E-state index in [-0.39, 0.29) is 5.91 Å². The molecule has 6 heteroatoms. The van der Waals surface area contributed by atoms with E-state index in [2.05, 4.69) is 24.0 Å². The number of carbonyl (C=O) groups is 1. The first-order chi connectivity index (χ1) is 8.07. The molecule has 6 nitrogen and oxygen atoms in total. The molecule has 0 bridgehead atoms. The highest BCUT2D eigenvalue weighted by Crippen LogP contribution is 2.01. The Kier molecular flexibility index (Phi) is 14.7. The Bertz CT molecular complexity index is 177. The minimum atomic E-state index is -0.415. The van der Waals surface area contributed by atoms with Crippen LogP contribution in [-0.2, 0) is 14.4 Å². The number of aliphatic hydroxyl groups is 1. The van der Waals surface area contributed by atoms with E-state index in [1.807, 2.05) is 0 Å². The summed E-state index contributed by atoms with van der Waals surface area (Å²) in [6.07, 6.45) is 0.547. The van der Waals surface area contributed by atoms with Gasteiger partial charge in [0, 0.05) is 20.3 Å². The number of carbonyl (C=O) groups excluding carboxylic acids is 1. The third kappa shape index (κ3) is 13.2. The molecule has 1 unspecified atom stereocenters. The van der Waals surface area contributed by atoms with Gasteiger partial charge in [-0.2, -0.15) is 0 Å². The molecule has 0 rings (SSSR count). The van der Waals surface area contributed by atoms with Crippen molar-refractivity contribution >= 4 is 5.91 Å². The summed E-state index contributed by atoms with van der Waals surface area (Å²) in [6.45, 7) is 7.30. The summed E-state index contributed by atoms with van der Waals surface area (Å²) >= 11 is 0. The third-order valence-electron chi connectivity index (χ3n) is 1.95. The maximum Gasteiger partial charge on any atom is 0.248 e. The number of rotatable bonds is 8. The van der Waals surface area contributed by atoms with E-state index in [9.17, 15) is 4.79 Å². The highest BCUT2D eigenvalue weighted by Gasteiger charge is 2.12. The summed E-state index contributed by atoms with van der Waals surface area (Å²) < 4.78 is 5.36. The fourth-order valence-corrected chi connectivity index (χ4v) is 0.933. The van der Waals surface area contributed by atoms with Crippen molar-refractivity contribution in [1.82, 2.24) is 5.32 Å². The molecular weight excluding hydrogens is 224 g/mol.